The second-order valence-electron chi connectivity index (χ2n) is 8.14. The van der Waals surface area contributed by atoms with Crippen LogP contribution >= 0.6 is 0 Å². The molecule has 0 saturated carbocycles. The Morgan fingerprint density at radius 2 is 1.58 bits per heavy atom. The van der Waals surface area contributed by atoms with Gasteiger partial charge in [0.25, 0.3) is 0 Å². The van der Waals surface area contributed by atoms with E-state index in [-0.39, 0.29) is 0 Å². The van der Waals surface area contributed by atoms with Crippen LogP contribution in [0.4, 0.5) is 5.69 Å². The Hall–Kier alpha value is -3.73. The molecule has 2 aromatic carbocycles. The maximum absolute atomic E-state index is 4.78. The van der Waals surface area contributed by atoms with E-state index in [0.717, 1.165) is 51.9 Å². The average molecular weight is 406 g/mol. The summed E-state index contributed by atoms with van der Waals surface area (Å²) >= 11 is 0. The number of rotatable bonds is 3. The molecule has 4 heterocycles. The largest absolute Gasteiger partial charge is 0.372 e. The van der Waals surface area contributed by atoms with E-state index in [9.17, 15) is 0 Å². The van der Waals surface area contributed by atoms with E-state index >= 15 is 0 Å². The first-order valence-corrected chi connectivity index (χ1v) is 10.9. The molecule has 0 aliphatic carbocycles. The maximum atomic E-state index is 4.78. The van der Waals surface area contributed by atoms with Crippen LogP contribution in [0.3, 0.4) is 0 Å². The van der Waals surface area contributed by atoms with E-state index in [1.807, 2.05) is 41.3 Å². The molecule has 31 heavy (non-hydrogen) atoms. The summed E-state index contributed by atoms with van der Waals surface area (Å²) < 4.78 is 1.87. The fourth-order valence-electron chi connectivity index (χ4n) is 4.57. The number of fused-ring (bicyclic) bond motifs is 2. The molecule has 152 valence electrons. The summed E-state index contributed by atoms with van der Waals surface area (Å²) in [4.78, 5) is 11.7. The molecule has 0 spiro atoms. The molecule has 0 unspecified atom stereocenters. The van der Waals surface area contributed by atoms with Gasteiger partial charge in [0.15, 0.2) is 5.65 Å². The van der Waals surface area contributed by atoms with Gasteiger partial charge in [-0.3, -0.25) is 4.98 Å². The van der Waals surface area contributed by atoms with Gasteiger partial charge in [-0.2, -0.15) is 5.10 Å². The molecule has 5 aromatic rings. The molecular formula is C26H23N5. The van der Waals surface area contributed by atoms with Crippen LogP contribution in [-0.4, -0.2) is 32.7 Å². The first-order valence-electron chi connectivity index (χ1n) is 10.9. The van der Waals surface area contributed by atoms with E-state index < -0.39 is 0 Å². The second kappa shape index (κ2) is 7.51. The molecule has 0 radical (unpaired) electrons. The minimum Gasteiger partial charge on any atom is -0.372 e. The fourth-order valence-corrected chi connectivity index (χ4v) is 4.57. The molecule has 6 rings (SSSR count). The minimum atomic E-state index is 0.852. The minimum absolute atomic E-state index is 0.852. The third-order valence-corrected chi connectivity index (χ3v) is 6.21. The standard InChI is InChI=1S/C26H23N5/c1-2-14-30(15-3-1)21-11-9-19(10-12-21)20-16-28-26-24(17-29-31(26)18-20)22-6-4-8-25-23(22)7-5-13-27-25/h4-13,16-18H,1-3,14-15H2. The lowest BCUT2D eigenvalue weighted by Crippen LogP contribution is -2.29. The number of hydrogen-bond donors (Lipinski definition) is 0. The number of pyridine rings is 1. The van der Waals surface area contributed by atoms with Crippen LogP contribution < -0.4 is 4.90 Å². The molecule has 1 saturated heterocycles. The number of hydrogen-bond acceptors (Lipinski definition) is 4. The quantitative estimate of drug-likeness (QED) is 0.392. The predicted octanol–water partition coefficient (Wildman–Crippen LogP) is 5.60. The van der Waals surface area contributed by atoms with Gasteiger partial charge in [0.2, 0.25) is 0 Å². The molecule has 1 aliphatic rings. The molecule has 0 bridgehead atoms. The van der Waals surface area contributed by atoms with Crippen molar-refractivity contribution < 1.29 is 0 Å². The highest BCUT2D eigenvalue weighted by Gasteiger charge is 2.13. The SMILES string of the molecule is c1cc(-c2cnn3cc(-c4ccc(N5CCCCC5)cc4)cnc23)c2cccnc2c1. The summed E-state index contributed by atoms with van der Waals surface area (Å²) in [5.41, 5.74) is 7.48. The molecule has 5 nitrogen and oxygen atoms in total. The summed E-state index contributed by atoms with van der Waals surface area (Å²) in [7, 11) is 0. The summed E-state index contributed by atoms with van der Waals surface area (Å²) in [5, 5.41) is 5.71. The van der Waals surface area contributed by atoms with Gasteiger partial charge in [-0.15, -0.1) is 0 Å². The lowest BCUT2D eigenvalue weighted by atomic mass is 10.0. The van der Waals surface area contributed by atoms with Crippen molar-refractivity contribution in [3.8, 4) is 22.3 Å². The highest BCUT2D eigenvalue weighted by Crippen LogP contribution is 2.31. The maximum Gasteiger partial charge on any atom is 0.162 e. The van der Waals surface area contributed by atoms with E-state index in [0.29, 0.717) is 0 Å². The second-order valence-corrected chi connectivity index (χ2v) is 8.14. The predicted molar refractivity (Wildman–Crippen MR) is 125 cm³/mol. The van der Waals surface area contributed by atoms with Gasteiger partial charge < -0.3 is 4.90 Å². The third kappa shape index (κ3) is 3.22. The molecule has 3 aromatic heterocycles. The summed E-state index contributed by atoms with van der Waals surface area (Å²) in [6, 6.07) is 19.1. The van der Waals surface area contributed by atoms with Crippen LogP contribution in [0.2, 0.25) is 0 Å². The molecule has 5 heteroatoms. The molecule has 1 aliphatic heterocycles. The van der Waals surface area contributed by atoms with Crippen molar-refractivity contribution in [2.24, 2.45) is 0 Å². The van der Waals surface area contributed by atoms with Crippen molar-refractivity contribution in [1.29, 1.82) is 0 Å². The first-order chi connectivity index (χ1) is 15.4. The Balaban J connectivity index is 1.36. The highest BCUT2D eigenvalue weighted by molar-refractivity contribution is 5.97. The summed E-state index contributed by atoms with van der Waals surface area (Å²) in [6.45, 7) is 2.32. The fraction of sp³-hybridized carbons (Fsp3) is 0.192. The van der Waals surface area contributed by atoms with Gasteiger partial charge in [-0.25, -0.2) is 9.50 Å². The highest BCUT2D eigenvalue weighted by atomic mass is 15.2. The van der Waals surface area contributed by atoms with Gasteiger partial charge in [0.1, 0.15) is 0 Å². The Labute approximate surface area is 181 Å². The summed E-state index contributed by atoms with van der Waals surface area (Å²) in [6.07, 6.45) is 11.6. The molecule has 0 amide bonds. The van der Waals surface area contributed by atoms with Gasteiger partial charge >= 0.3 is 0 Å². The van der Waals surface area contributed by atoms with Crippen molar-refractivity contribution in [3.05, 3.63) is 79.4 Å². The Kier molecular flexibility index (Phi) is 4.38. The molecule has 0 atom stereocenters. The van der Waals surface area contributed by atoms with Crippen LogP contribution in [-0.2, 0) is 0 Å². The van der Waals surface area contributed by atoms with Gasteiger partial charge in [-0.05, 0) is 54.7 Å². The van der Waals surface area contributed by atoms with Gasteiger partial charge in [0.05, 0.1) is 11.7 Å². The van der Waals surface area contributed by atoms with Crippen molar-refractivity contribution in [2.45, 2.75) is 19.3 Å². The third-order valence-electron chi connectivity index (χ3n) is 6.21. The molecule has 1 fully saturated rings. The molecular weight excluding hydrogens is 382 g/mol. The number of benzene rings is 2. The van der Waals surface area contributed by atoms with Crippen LogP contribution in [0.1, 0.15) is 19.3 Å². The number of anilines is 1. The van der Waals surface area contributed by atoms with Crippen molar-refractivity contribution in [3.63, 3.8) is 0 Å². The van der Waals surface area contributed by atoms with E-state index in [4.69, 9.17) is 4.98 Å². The van der Waals surface area contributed by atoms with Crippen LogP contribution in [0.15, 0.2) is 79.4 Å². The van der Waals surface area contributed by atoms with Gasteiger partial charge in [0, 0.05) is 53.9 Å². The lowest BCUT2D eigenvalue weighted by Gasteiger charge is -2.28. The van der Waals surface area contributed by atoms with Crippen LogP contribution in [0, 0.1) is 0 Å². The van der Waals surface area contributed by atoms with Crippen LogP contribution in [0.5, 0.6) is 0 Å². The zero-order valence-corrected chi connectivity index (χ0v) is 17.3. The monoisotopic (exact) mass is 405 g/mol. The van der Waals surface area contributed by atoms with Crippen LogP contribution in [0.25, 0.3) is 38.8 Å². The molecule has 0 N–H and O–H groups in total. The van der Waals surface area contributed by atoms with Gasteiger partial charge in [-0.1, -0.05) is 30.3 Å². The topological polar surface area (TPSA) is 46.3 Å². The Bertz CT molecular complexity index is 1360. The Morgan fingerprint density at radius 1 is 0.710 bits per heavy atom. The lowest BCUT2D eigenvalue weighted by molar-refractivity contribution is 0.578. The number of piperidine rings is 1. The normalized spacial score (nSPS) is 14.4. The first kappa shape index (κ1) is 18.1. The van der Waals surface area contributed by atoms with Crippen molar-refractivity contribution in [1.82, 2.24) is 19.6 Å². The van der Waals surface area contributed by atoms with E-state index in [2.05, 4.69) is 57.6 Å². The zero-order valence-electron chi connectivity index (χ0n) is 17.3. The Morgan fingerprint density at radius 3 is 2.45 bits per heavy atom. The average Bonchev–Trinajstić information content (AvgIpc) is 3.27. The smallest absolute Gasteiger partial charge is 0.162 e. The zero-order chi connectivity index (χ0) is 20.6. The number of nitrogens with zero attached hydrogens (tertiary/aromatic N) is 5. The number of aromatic nitrogens is 4. The van der Waals surface area contributed by atoms with E-state index in [1.165, 1.54) is 24.9 Å². The summed E-state index contributed by atoms with van der Waals surface area (Å²) in [5.74, 6) is 0. The van der Waals surface area contributed by atoms with Crippen molar-refractivity contribution >= 4 is 22.2 Å². The van der Waals surface area contributed by atoms with Crippen molar-refractivity contribution in [2.75, 3.05) is 18.0 Å². The van der Waals surface area contributed by atoms with E-state index in [1.54, 1.807) is 0 Å².